The van der Waals surface area contributed by atoms with Gasteiger partial charge in [-0.3, -0.25) is 9.78 Å². The number of fused-ring (bicyclic) bond motifs is 1. The number of hydrogen-bond donors (Lipinski definition) is 0. The summed E-state index contributed by atoms with van der Waals surface area (Å²) in [6, 6.07) is 19.7. The molecule has 0 amide bonds. The van der Waals surface area contributed by atoms with Crippen LogP contribution in [-0.2, 0) is 11.3 Å². The number of hydrogen-bond acceptors (Lipinski definition) is 4. The molecule has 0 aliphatic heterocycles. The smallest absolute Gasteiger partial charge is 0.150 e. The number of nitrogens with zero attached hydrogens (tertiary/aromatic N) is 2. The zero-order valence-corrected chi connectivity index (χ0v) is 16.1. The van der Waals surface area contributed by atoms with Gasteiger partial charge in [-0.25, -0.2) is 0 Å². The fourth-order valence-corrected chi connectivity index (χ4v) is 3.67. The van der Waals surface area contributed by atoms with Gasteiger partial charge in [0.05, 0.1) is 0 Å². The molecule has 29 heavy (non-hydrogen) atoms. The first-order chi connectivity index (χ1) is 14.4. The molecule has 0 N–H and O–H groups in total. The number of allylic oxidation sites excluding steroid dienone is 1. The minimum Gasteiger partial charge on any atom is -0.395 e. The van der Waals surface area contributed by atoms with E-state index < -0.39 is 0 Å². The quantitative estimate of drug-likeness (QED) is 0.248. The molecule has 2 aromatic carbocycles. The molecule has 1 aromatic heterocycles. The lowest BCUT2D eigenvalue weighted by atomic mass is 9.87. The highest BCUT2D eigenvalue weighted by Gasteiger charge is 2.15. The van der Waals surface area contributed by atoms with Crippen LogP contribution in [0.25, 0.3) is 5.57 Å². The summed E-state index contributed by atoms with van der Waals surface area (Å²) in [5.74, 6) is 0. The minimum absolute atomic E-state index is 0.465. The molecular weight excluding hydrogens is 360 g/mol. The lowest BCUT2D eigenvalue weighted by Crippen LogP contribution is -2.07. The maximum Gasteiger partial charge on any atom is 0.150 e. The van der Waals surface area contributed by atoms with E-state index in [-0.39, 0.29) is 0 Å². The summed E-state index contributed by atoms with van der Waals surface area (Å²) >= 11 is 0. The van der Waals surface area contributed by atoms with Crippen molar-refractivity contribution in [3.05, 3.63) is 107 Å². The lowest BCUT2D eigenvalue weighted by Gasteiger charge is -2.19. The fraction of sp³-hybridized carbons (Fsp3) is 0.160. The maximum absolute atomic E-state index is 11.3. The summed E-state index contributed by atoms with van der Waals surface area (Å²) in [7, 11) is 0. The minimum atomic E-state index is 0.465. The van der Waals surface area contributed by atoms with Crippen molar-refractivity contribution < 1.29 is 9.63 Å². The molecule has 1 heterocycles. The number of oxime groups is 1. The largest absolute Gasteiger partial charge is 0.395 e. The van der Waals surface area contributed by atoms with Gasteiger partial charge in [-0.05, 0) is 41.7 Å². The van der Waals surface area contributed by atoms with Crippen LogP contribution in [0.4, 0.5) is 0 Å². The Labute approximate surface area is 170 Å². The summed E-state index contributed by atoms with van der Waals surface area (Å²) in [5.41, 5.74) is 6.96. The molecular formula is C25H22N2O2. The van der Waals surface area contributed by atoms with E-state index in [1.54, 1.807) is 12.4 Å². The predicted molar refractivity (Wildman–Crippen MR) is 115 cm³/mol. The highest BCUT2D eigenvalue weighted by molar-refractivity contribution is 6.12. The van der Waals surface area contributed by atoms with Crippen LogP contribution in [0.15, 0.2) is 84.3 Å². The van der Waals surface area contributed by atoms with Crippen molar-refractivity contribution >= 4 is 17.6 Å². The van der Waals surface area contributed by atoms with Crippen LogP contribution in [0.1, 0.15) is 45.5 Å². The van der Waals surface area contributed by atoms with Crippen LogP contribution in [0, 0.1) is 0 Å². The fourth-order valence-electron chi connectivity index (χ4n) is 3.67. The van der Waals surface area contributed by atoms with Crippen molar-refractivity contribution in [1.29, 1.82) is 0 Å². The first-order valence-electron chi connectivity index (χ1n) is 9.79. The summed E-state index contributed by atoms with van der Waals surface area (Å²) in [6.07, 6.45) is 9.32. The molecule has 0 unspecified atom stereocenters. The van der Waals surface area contributed by atoms with Crippen LogP contribution in [0.5, 0.6) is 0 Å². The Balaban J connectivity index is 1.49. The molecule has 0 bridgehead atoms. The van der Waals surface area contributed by atoms with Gasteiger partial charge < -0.3 is 4.84 Å². The van der Waals surface area contributed by atoms with Crippen LogP contribution < -0.4 is 0 Å². The highest BCUT2D eigenvalue weighted by atomic mass is 16.6. The van der Waals surface area contributed by atoms with Crippen LogP contribution in [0.2, 0.25) is 0 Å². The number of rotatable bonds is 7. The Morgan fingerprint density at radius 3 is 2.69 bits per heavy atom. The number of carbonyl (C=O) groups is 1. The summed E-state index contributed by atoms with van der Waals surface area (Å²) in [5, 5.41) is 4.43. The van der Waals surface area contributed by atoms with Gasteiger partial charge in [-0.15, -0.1) is 0 Å². The van der Waals surface area contributed by atoms with E-state index in [2.05, 4.69) is 22.3 Å². The SMILES string of the molecule is O=Cc1cccc2c1CCC=C2CCON=C(c1ccccc1)c1cccnc1. The second-order valence-electron chi connectivity index (χ2n) is 6.89. The van der Waals surface area contributed by atoms with Crippen molar-refractivity contribution in [1.82, 2.24) is 4.98 Å². The Hall–Kier alpha value is -3.53. The molecule has 144 valence electrons. The topological polar surface area (TPSA) is 51.5 Å². The molecule has 1 aliphatic carbocycles. The lowest BCUT2D eigenvalue weighted by molar-refractivity contribution is 0.112. The standard InChI is InChI=1S/C25H22N2O2/c28-18-22-10-5-12-23-19(9-4-13-24(22)23)14-16-29-27-25(20-7-2-1-3-8-20)21-11-6-15-26-17-21/h1-3,5-12,15,17-18H,4,13-14,16H2. The van der Waals surface area contributed by atoms with Crippen LogP contribution in [-0.4, -0.2) is 23.6 Å². The van der Waals surface area contributed by atoms with Gasteiger partial charge in [0.15, 0.2) is 0 Å². The molecule has 0 spiro atoms. The van der Waals surface area contributed by atoms with Crippen LogP contribution >= 0.6 is 0 Å². The Bertz CT molecular complexity index is 999. The van der Waals surface area contributed by atoms with E-state index >= 15 is 0 Å². The van der Waals surface area contributed by atoms with Crippen molar-refractivity contribution in [2.24, 2.45) is 5.16 Å². The molecule has 0 radical (unpaired) electrons. The highest BCUT2D eigenvalue weighted by Crippen LogP contribution is 2.30. The summed E-state index contributed by atoms with van der Waals surface area (Å²) in [6.45, 7) is 0.465. The van der Waals surface area contributed by atoms with Crippen molar-refractivity contribution in [2.45, 2.75) is 19.3 Å². The van der Waals surface area contributed by atoms with Gasteiger partial charge in [0.1, 0.15) is 18.6 Å². The van der Waals surface area contributed by atoms with E-state index in [4.69, 9.17) is 4.84 Å². The Kier molecular flexibility index (Phi) is 5.91. The number of benzene rings is 2. The predicted octanol–water partition coefficient (Wildman–Crippen LogP) is 5.08. The van der Waals surface area contributed by atoms with E-state index in [1.165, 1.54) is 5.57 Å². The van der Waals surface area contributed by atoms with Crippen molar-refractivity contribution in [2.75, 3.05) is 6.61 Å². The molecule has 4 rings (SSSR count). The molecule has 0 atom stereocenters. The number of pyridine rings is 1. The number of carbonyl (C=O) groups excluding carboxylic acids is 1. The second-order valence-corrected chi connectivity index (χ2v) is 6.89. The second kappa shape index (κ2) is 9.11. The number of aldehydes is 1. The first kappa shape index (κ1) is 18.8. The monoisotopic (exact) mass is 382 g/mol. The molecule has 4 heteroatoms. The summed E-state index contributed by atoms with van der Waals surface area (Å²) < 4.78 is 0. The zero-order valence-electron chi connectivity index (χ0n) is 16.1. The normalized spacial score (nSPS) is 13.4. The van der Waals surface area contributed by atoms with Gasteiger partial charge in [-0.2, -0.15) is 0 Å². The van der Waals surface area contributed by atoms with Gasteiger partial charge in [0.25, 0.3) is 0 Å². The molecule has 0 fully saturated rings. The van der Waals surface area contributed by atoms with Crippen LogP contribution in [0.3, 0.4) is 0 Å². The van der Waals surface area contributed by atoms with Crippen molar-refractivity contribution in [3.63, 3.8) is 0 Å². The number of aromatic nitrogens is 1. The Morgan fingerprint density at radius 2 is 1.90 bits per heavy atom. The molecule has 4 nitrogen and oxygen atoms in total. The Morgan fingerprint density at radius 1 is 1.03 bits per heavy atom. The molecule has 0 saturated heterocycles. The van der Waals surface area contributed by atoms with Gasteiger partial charge in [-0.1, -0.05) is 59.8 Å². The van der Waals surface area contributed by atoms with Gasteiger partial charge >= 0.3 is 0 Å². The average molecular weight is 382 g/mol. The third-order valence-electron chi connectivity index (χ3n) is 5.07. The average Bonchev–Trinajstić information content (AvgIpc) is 2.80. The molecule has 3 aromatic rings. The third-order valence-corrected chi connectivity index (χ3v) is 5.07. The summed E-state index contributed by atoms with van der Waals surface area (Å²) in [4.78, 5) is 21.3. The molecule has 1 aliphatic rings. The van der Waals surface area contributed by atoms with E-state index in [1.807, 2.05) is 54.6 Å². The van der Waals surface area contributed by atoms with Gasteiger partial charge in [0.2, 0.25) is 0 Å². The first-order valence-corrected chi connectivity index (χ1v) is 9.79. The zero-order chi connectivity index (χ0) is 19.9. The van der Waals surface area contributed by atoms with E-state index in [9.17, 15) is 4.79 Å². The third kappa shape index (κ3) is 4.32. The molecule has 0 saturated carbocycles. The van der Waals surface area contributed by atoms with E-state index in [0.29, 0.717) is 6.61 Å². The van der Waals surface area contributed by atoms with Crippen molar-refractivity contribution in [3.8, 4) is 0 Å². The van der Waals surface area contributed by atoms with E-state index in [0.717, 1.165) is 59.1 Å². The maximum atomic E-state index is 11.3. The van der Waals surface area contributed by atoms with Gasteiger partial charge in [0, 0.05) is 35.5 Å².